The van der Waals surface area contributed by atoms with E-state index in [4.69, 9.17) is 4.55 Å². The molecule has 0 atom stereocenters. The Morgan fingerprint density at radius 2 is 1.77 bits per heavy atom. The van der Waals surface area contributed by atoms with Crippen molar-refractivity contribution in [3.8, 4) is 0 Å². The number of hydrogen-bond acceptors (Lipinski definition) is 3. The summed E-state index contributed by atoms with van der Waals surface area (Å²) in [6, 6.07) is 5.04. The highest BCUT2D eigenvalue weighted by molar-refractivity contribution is 7.85. The lowest BCUT2D eigenvalue weighted by Crippen LogP contribution is -2.30. The fourth-order valence-electron chi connectivity index (χ4n) is 2.75. The molecular formula is C15H22N2O4S. The summed E-state index contributed by atoms with van der Waals surface area (Å²) in [7, 11) is -4.20. The minimum absolute atomic E-state index is 0.198. The van der Waals surface area contributed by atoms with Gasteiger partial charge in [-0.15, -0.1) is 0 Å². The summed E-state index contributed by atoms with van der Waals surface area (Å²) in [5.41, 5.74) is 0.475. The van der Waals surface area contributed by atoms with Crippen LogP contribution in [0.25, 0.3) is 0 Å². The van der Waals surface area contributed by atoms with E-state index < -0.39 is 10.1 Å². The van der Waals surface area contributed by atoms with Gasteiger partial charge in [0.2, 0.25) is 0 Å². The van der Waals surface area contributed by atoms with Crippen LogP contribution in [0.3, 0.4) is 0 Å². The van der Waals surface area contributed by atoms with E-state index >= 15 is 0 Å². The van der Waals surface area contributed by atoms with Crippen molar-refractivity contribution in [2.45, 2.75) is 43.4 Å². The van der Waals surface area contributed by atoms with Gasteiger partial charge in [0.05, 0.1) is 4.90 Å². The number of urea groups is 1. The summed E-state index contributed by atoms with van der Waals surface area (Å²) in [4.78, 5) is 11.5. The monoisotopic (exact) mass is 326 g/mol. The first kappa shape index (κ1) is 16.8. The van der Waals surface area contributed by atoms with Crippen LogP contribution in [0.1, 0.15) is 38.5 Å². The maximum absolute atomic E-state index is 11.7. The van der Waals surface area contributed by atoms with Crippen LogP contribution >= 0.6 is 0 Å². The number of carbonyl (C=O) groups excluding carboxylic acids is 1. The standard InChI is InChI=1S/C15H22N2O4S/c18-15(16-11-10-12-4-2-1-3-5-12)17-13-6-8-14(9-7-13)22(19,20)21/h6-9,12H,1-5,10-11H2,(H2,16,17,18)(H,19,20,21). The third-order valence-electron chi connectivity index (χ3n) is 3.97. The molecule has 122 valence electrons. The van der Waals surface area contributed by atoms with E-state index in [1.807, 2.05) is 0 Å². The highest BCUT2D eigenvalue weighted by atomic mass is 32.2. The molecule has 6 nitrogen and oxygen atoms in total. The normalized spacial score (nSPS) is 16.2. The number of amides is 2. The van der Waals surface area contributed by atoms with E-state index in [0.29, 0.717) is 18.2 Å². The van der Waals surface area contributed by atoms with Gasteiger partial charge in [0.25, 0.3) is 10.1 Å². The summed E-state index contributed by atoms with van der Waals surface area (Å²) in [6.07, 6.45) is 7.40. The molecule has 1 aromatic carbocycles. The molecule has 2 amide bonds. The van der Waals surface area contributed by atoms with Crippen LogP contribution in [0.4, 0.5) is 10.5 Å². The maximum Gasteiger partial charge on any atom is 0.319 e. The van der Waals surface area contributed by atoms with Gasteiger partial charge < -0.3 is 10.6 Å². The van der Waals surface area contributed by atoms with Crippen LogP contribution < -0.4 is 10.6 Å². The van der Waals surface area contributed by atoms with Gasteiger partial charge in [0, 0.05) is 12.2 Å². The molecule has 3 N–H and O–H groups in total. The molecule has 1 aliphatic rings. The number of anilines is 1. The van der Waals surface area contributed by atoms with Crippen LogP contribution in [0, 0.1) is 5.92 Å². The van der Waals surface area contributed by atoms with Crippen LogP contribution in [0.5, 0.6) is 0 Å². The number of rotatable bonds is 5. The topological polar surface area (TPSA) is 95.5 Å². The van der Waals surface area contributed by atoms with Crippen LogP contribution in [0.2, 0.25) is 0 Å². The first-order valence-electron chi connectivity index (χ1n) is 7.57. The lowest BCUT2D eigenvalue weighted by Gasteiger charge is -2.21. The van der Waals surface area contributed by atoms with Crippen molar-refractivity contribution in [3.05, 3.63) is 24.3 Å². The Kier molecular flexibility index (Phi) is 5.79. The largest absolute Gasteiger partial charge is 0.338 e. The van der Waals surface area contributed by atoms with E-state index in [1.54, 1.807) is 0 Å². The quantitative estimate of drug-likeness (QED) is 0.725. The summed E-state index contributed by atoms with van der Waals surface area (Å²) >= 11 is 0. The Morgan fingerprint density at radius 3 is 2.36 bits per heavy atom. The van der Waals surface area contributed by atoms with Crippen molar-refractivity contribution in [1.82, 2.24) is 5.32 Å². The van der Waals surface area contributed by atoms with Crippen molar-refractivity contribution < 1.29 is 17.8 Å². The first-order chi connectivity index (χ1) is 10.4. The average Bonchev–Trinajstić information content (AvgIpc) is 2.48. The average molecular weight is 326 g/mol. The highest BCUT2D eigenvalue weighted by Crippen LogP contribution is 2.25. The third kappa shape index (κ3) is 5.31. The molecule has 1 saturated carbocycles. The Balaban J connectivity index is 1.74. The number of nitrogens with one attached hydrogen (secondary N) is 2. The van der Waals surface area contributed by atoms with Gasteiger partial charge in [0.15, 0.2) is 0 Å². The summed E-state index contributed by atoms with van der Waals surface area (Å²) < 4.78 is 30.7. The van der Waals surface area contributed by atoms with Gasteiger partial charge >= 0.3 is 6.03 Å². The number of hydrogen-bond donors (Lipinski definition) is 3. The second-order valence-electron chi connectivity index (χ2n) is 5.67. The van der Waals surface area contributed by atoms with Gasteiger partial charge in [-0.2, -0.15) is 8.42 Å². The molecule has 7 heteroatoms. The second kappa shape index (κ2) is 7.60. The fourth-order valence-corrected chi connectivity index (χ4v) is 3.23. The highest BCUT2D eigenvalue weighted by Gasteiger charge is 2.13. The van der Waals surface area contributed by atoms with Crippen molar-refractivity contribution in [2.75, 3.05) is 11.9 Å². The minimum Gasteiger partial charge on any atom is -0.338 e. The summed E-state index contributed by atoms with van der Waals surface area (Å²) in [6.45, 7) is 0.638. The van der Waals surface area contributed by atoms with E-state index in [-0.39, 0.29) is 10.9 Å². The van der Waals surface area contributed by atoms with Gasteiger partial charge in [-0.1, -0.05) is 32.1 Å². The molecule has 0 heterocycles. The van der Waals surface area contributed by atoms with E-state index in [9.17, 15) is 13.2 Å². The van der Waals surface area contributed by atoms with E-state index in [0.717, 1.165) is 6.42 Å². The second-order valence-corrected chi connectivity index (χ2v) is 7.09. The molecule has 0 aromatic heterocycles. The molecule has 2 rings (SSSR count). The van der Waals surface area contributed by atoms with Crippen molar-refractivity contribution >= 4 is 21.8 Å². The molecule has 1 fully saturated rings. The lowest BCUT2D eigenvalue weighted by atomic mass is 9.87. The Bertz CT molecular complexity index is 592. The molecule has 0 saturated heterocycles. The summed E-state index contributed by atoms with van der Waals surface area (Å²) in [5, 5.41) is 5.44. The predicted octanol–water partition coefficient (Wildman–Crippen LogP) is 3.03. The van der Waals surface area contributed by atoms with Crippen LogP contribution in [-0.4, -0.2) is 25.5 Å². The zero-order valence-corrected chi connectivity index (χ0v) is 13.2. The van der Waals surface area contributed by atoms with Crippen molar-refractivity contribution in [3.63, 3.8) is 0 Å². The summed E-state index contributed by atoms with van der Waals surface area (Å²) in [5.74, 6) is 0.711. The third-order valence-corrected chi connectivity index (χ3v) is 4.84. The van der Waals surface area contributed by atoms with Crippen molar-refractivity contribution in [2.24, 2.45) is 5.92 Å². The minimum atomic E-state index is -4.20. The number of carbonyl (C=O) groups is 1. The molecule has 22 heavy (non-hydrogen) atoms. The smallest absolute Gasteiger partial charge is 0.319 e. The molecular weight excluding hydrogens is 304 g/mol. The van der Waals surface area contributed by atoms with E-state index in [1.165, 1.54) is 56.4 Å². The molecule has 0 radical (unpaired) electrons. The Morgan fingerprint density at radius 1 is 1.14 bits per heavy atom. The Hall–Kier alpha value is -1.60. The lowest BCUT2D eigenvalue weighted by molar-refractivity contribution is 0.250. The SMILES string of the molecule is O=C(NCCC1CCCCC1)Nc1ccc(S(=O)(=O)O)cc1. The van der Waals surface area contributed by atoms with Crippen LogP contribution in [-0.2, 0) is 10.1 Å². The molecule has 0 spiro atoms. The predicted molar refractivity (Wildman–Crippen MR) is 84.5 cm³/mol. The van der Waals surface area contributed by atoms with Gasteiger partial charge in [-0.05, 0) is 36.6 Å². The zero-order valence-electron chi connectivity index (χ0n) is 12.4. The van der Waals surface area contributed by atoms with Gasteiger partial charge in [-0.25, -0.2) is 4.79 Å². The number of benzene rings is 1. The molecule has 1 aliphatic carbocycles. The molecule has 1 aromatic rings. The molecule has 0 bridgehead atoms. The van der Waals surface area contributed by atoms with Crippen molar-refractivity contribution in [1.29, 1.82) is 0 Å². The molecule has 0 unspecified atom stereocenters. The first-order valence-corrected chi connectivity index (χ1v) is 9.01. The Labute approximate surface area is 131 Å². The fraction of sp³-hybridized carbons (Fsp3) is 0.533. The molecule has 0 aliphatic heterocycles. The zero-order chi connectivity index (χ0) is 16.0. The van der Waals surface area contributed by atoms with E-state index in [2.05, 4.69) is 10.6 Å². The van der Waals surface area contributed by atoms with Gasteiger partial charge in [0.1, 0.15) is 0 Å². The van der Waals surface area contributed by atoms with Gasteiger partial charge in [-0.3, -0.25) is 4.55 Å². The maximum atomic E-state index is 11.7. The van der Waals surface area contributed by atoms with Crippen LogP contribution in [0.15, 0.2) is 29.2 Å².